The number of carboxylic acids is 1. The van der Waals surface area contributed by atoms with Crippen LogP contribution >= 0.6 is 22.9 Å². The van der Waals surface area contributed by atoms with Crippen LogP contribution in [0.25, 0.3) is 11.3 Å². The third-order valence-electron chi connectivity index (χ3n) is 6.24. The number of carboxylic acid groups (broad SMARTS) is 1. The first-order valence-corrected chi connectivity index (χ1v) is 11.7. The summed E-state index contributed by atoms with van der Waals surface area (Å²) >= 11 is 7.70. The molecule has 5 nitrogen and oxygen atoms in total. The number of amides is 1. The first-order valence-electron chi connectivity index (χ1n) is 10.4. The highest BCUT2D eigenvalue weighted by atomic mass is 35.5. The zero-order valence-electron chi connectivity index (χ0n) is 16.7. The van der Waals surface area contributed by atoms with Crippen molar-refractivity contribution in [1.29, 1.82) is 0 Å². The lowest BCUT2D eigenvalue weighted by atomic mass is 9.75. The molecular formula is C23H25ClN2O3S. The number of carbonyl (C=O) groups is 2. The molecule has 1 aliphatic heterocycles. The maximum Gasteiger partial charge on any atom is 0.304 e. The Morgan fingerprint density at radius 1 is 1.23 bits per heavy atom. The second-order valence-electron chi connectivity index (χ2n) is 8.06. The Labute approximate surface area is 185 Å². The molecule has 1 amide bonds. The number of aliphatic carboxylic acids is 1. The van der Waals surface area contributed by atoms with Crippen LogP contribution < -0.4 is 4.90 Å². The van der Waals surface area contributed by atoms with Gasteiger partial charge >= 0.3 is 5.97 Å². The molecule has 0 bridgehead atoms. The summed E-state index contributed by atoms with van der Waals surface area (Å²) in [5, 5.41) is 12.6. The molecule has 2 atom stereocenters. The number of hydrogen-bond acceptors (Lipinski definition) is 4. The number of carbonyl (C=O) groups excluding carboxylic acids is 1. The van der Waals surface area contributed by atoms with Gasteiger partial charge in [0.05, 0.1) is 18.0 Å². The molecule has 1 fully saturated rings. The second-order valence-corrected chi connectivity index (χ2v) is 9.31. The SMILES string of the molecule is O=C(O)C[C@@H]1C(=O)N(c2nc(-c3ccccc3Cl)cs2)C/C=C\C[C@@H]1C1CCCC1. The Balaban J connectivity index is 1.65. The highest BCUT2D eigenvalue weighted by molar-refractivity contribution is 7.14. The van der Waals surface area contributed by atoms with Gasteiger partial charge in [-0.15, -0.1) is 11.3 Å². The maximum atomic E-state index is 13.6. The molecule has 7 heteroatoms. The van der Waals surface area contributed by atoms with E-state index in [4.69, 9.17) is 11.6 Å². The molecule has 1 aromatic carbocycles. The molecular weight excluding hydrogens is 420 g/mol. The van der Waals surface area contributed by atoms with Gasteiger partial charge in [0.15, 0.2) is 5.13 Å². The highest BCUT2D eigenvalue weighted by Gasteiger charge is 2.39. The second kappa shape index (κ2) is 9.31. The summed E-state index contributed by atoms with van der Waals surface area (Å²) in [5.41, 5.74) is 1.55. The molecule has 1 aliphatic carbocycles. The van der Waals surface area contributed by atoms with Crippen molar-refractivity contribution in [3.63, 3.8) is 0 Å². The third kappa shape index (κ3) is 4.44. The largest absolute Gasteiger partial charge is 0.481 e. The van der Waals surface area contributed by atoms with E-state index in [1.807, 2.05) is 35.7 Å². The number of thiazole rings is 1. The Morgan fingerprint density at radius 3 is 2.73 bits per heavy atom. The van der Waals surface area contributed by atoms with Crippen LogP contribution in [-0.2, 0) is 9.59 Å². The van der Waals surface area contributed by atoms with Crippen LogP contribution in [0.5, 0.6) is 0 Å². The topological polar surface area (TPSA) is 70.5 Å². The summed E-state index contributed by atoms with van der Waals surface area (Å²) in [6.07, 6.45) is 9.24. The molecule has 0 unspecified atom stereocenters. The Morgan fingerprint density at radius 2 is 2.00 bits per heavy atom. The van der Waals surface area contributed by atoms with E-state index in [1.165, 1.54) is 11.3 Å². The number of hydrogen-bond donors (Lipinski definition) is 1. The van der Waals surface area contributed by atoms with Crippen LogP contribution in [-0.4, -0.2) is 28.5 Å². The molecule has 158 valence electrons. The Kier molecular flexibility index (Phi) is 6.54. The predicted octanol–water partition coefficient (Wildman–Crippen LogP) is 5.65. The van der Waals surface area contributed by atoms with Crippen LogP contribution in [0.4, 0.5) is 5.13 Å². The Bertz CT molecular complexity index is 951. The van der Waals surface area contributed by atoms with Crippen molar-refractivity contribution < 1.29 is 14.7 Å². The van der Waals surface area contributed by atoms with Crippen molar-refractivity contribution in [3.8, 4) is 11.3 Å². The van der Waals surface area contributed by atoms with Gasteiger partial charge < -0.3 is 5.11 Å². The van der Waals surface area contributed by atoms with Crippen molar-refractivity contribution in [3.05, 3.63) is 46.8 Å². The number of halogens is 1. The average molecular weight is 445 g/mol. The summed E-state index contributed by atoms with van der Waals surface area (Å²) in [4.78, 5) is 31.5. The van der Waals surface area contributed by atoms with E-state index in [2.05, 4.69) is 11.1 Å². The van der Waals surface area contributed by atoms with Gasteiger partial charge in [0.25, 0.3) is 0 Å². The smallest absolute Gasteiger partial charge is 0.304 e. The van der Waals surface area contributed by atoms with Crippen molar-refractivity contribution in [2.24, 2.45) is 17.8 Å². The molecule has 4 rings (SSSR count). The number of nitrogens with zero attached hydrogens (tertiary/aromatic N) is 2. The zero-order valence-corrected chi connectivity index (χ0v) is 18.2. The van der Waals surface area contributed by atoms with E-state index in [-0.39, 0.29) is 18.2 Å². The van der Waals surface area contributed by atoms with E-state index >= 15 is 0 Å². The van der Waals surface area contributed by atoms with Gasteiger partial charge in [0.1, 0.15) is 0 Å². The van der Waals surface area contributed by atoms with Crippen molar-refractivity contribution in [2.45, 2.75) is 38.5 Å². The normalized spacial score (nSPS) is 23.9. The molecule has 1 aromatic heterocycles. The fourth-order valence-electron chi connectivity index (χ4n) is 4.76. The van der Waals surface area contributed by atoms with Crippen molar-refractivity contribution in [1.82, 2.24) is 4.98 Å². The van der Waals surface area contributed by atoms with Crippen molar-refractivity contribution >= 4 is 39.9 Å². The van der Waals surface area contributed by atoms with Gasteiger partial charge in [-0.1, -0.05) is 67.6 Å². The molecule has 1 saturated carbocycles. The van der Waals surface area contributed by atoms with Crippen LogP contribution in [0.1, 0.15) is 38.5 Å². The minimum absolute atomic E-state index is 0.0677. The molecule has 0 spiro atoms. The predicted molar refractivity (Wildman–Crippen MR) is 120 cm³/mol. The van der Waals surface area contributed by atoms with Crippen LogP contribution in [0.2, 0.25) is 5.02 Å². The van der Waals surface area contributed by atoms with Gasteiger partial charge in [-0.05, 0) is 24.3 Å². The molecule has 2 aromatic rings. The first kappa shape index (κ1) is 21.1. The highest BCUT2D eigenvalue weighted by Crippen LogP contribution is 2.41. The lowest BCUT2D eigenvalue weighted by molar-refractivity contribution is -0.142. The summed E-state index contributed by atoms with van der Waals surface area (Å²) < 4.78 is 0. The van der Waals surface area contributed by atoms with E-state index < -0.39 is 11.9 Å². The van der Waals surface area contributed by atoms with Crippen molar-refractivity contribution in [2.75, 3.05) is 11.4 Å². The van der Waals surface area contributed by atoms with Gasteiger partial charge in [-0.2, -0.15) is 0 Å². The summed E-state index contributed by atoms with van der Waals surface area (Å²) in [6.45, 7) is 0.405. The number of allylic oxidation sites excluding steroid dienone is 1. The third-order valence-corrected chi connectivity index (χ3v) is 7.43. The fourth-order valence-corrected chi connectivity index (χ4v) is 5.83. The quantitative estimate of drug-likeness (QED) is 0.604. The molecule has 1 N–H and O–H groups in total. The fraction of sp³-hybridized carbons (Fsp3) is 0.435. The zero-order chi connectivity index (χ0) is 21.1. The molecule has 0 saturated heterocycles. The van der Waals surface area contributed by atoms with Gasteiger partial charge in [-0.25, -0.2) is 4.98 Å². The van der Waals surface area contributed by atoms with Gasteiger partial charge in [0, 0.05) is 22.5 Å². The minimum atomic E-state index is -0.920. The Hall–Kier alpha value is -2.18. The number of aromatic nitrogens is 1. The standard InChI is InChI=1S/C23H25ClN2O3S/c24-19-11-4-3-10-17(19)20-14-30-23(25-20)26-12-6-5-9-16(15-7-1-2-8-15)18(22(26)29)13-21(27)28/h3-6,10-11,14-16,18H,1-2,7-9,12-13H2,(H,27,28)/b6-5-/t16-,18+/m1/s1. The summed E-state index contributed by atoms with van der Waals surface area (Å²) in [5.74, 6) is -1.09. The van der Waals surface area contributed by atoms with E-state index in [0.717, 1.165) is 43.4 Å². The molecule has 30 heavy (non-hydrogen) atoms. The van der Waals surface area contributed by atoms with E-state index in [0.29, 0.717) is 22.6 Å². The maximum absolute atomic E-state index is 13.6. The lowest BCUT2D eigenvalue weighted by Crippen LogP contribution is -2.43. The minimum Gasteiger partial charge on any atom is -0.481 e. The molecule has 2 aliphatic rings. The van der Waals surface area contributed by atoms with Crippen LogP contribution in [0, 0.1) is 17.8 Å². The first-order chi connectivity index (χ1) is 14.5. The lowest BCUT2D eigenvalue weighted by Gasteiger charge is -2.34. The molecule has 2 heterocycles. The van der Waals surface area contributed by atoms with E-state index in [1.54, 1.807) is 4.90 Å². The van der Waals surface area contributed by atoms with Gasteiger partial charge in [-0.3, -0.25) is 14.5 Å². The summed E-state index contributed by atoms with van der Waals surface area (Å²) in [6, 6.07) is 7.49. The van der Waals surface area contributed by atoms with E-state index in [9.17, 15) is 14.7 Å². The van der Waals surface area contributed by atoms with Crippen LogP contribution in [0.15, 0.2) is 41.8 Å². The molecule has 0 radical (unpaired) electrons. The number of anilines is 1. The number of rotatable bonds is 5. The average Bonchev–Trinajstić information content (AvgIpc) is 3.40. The van der Waals surface area contributed by atoms with Crippen LogP contribution in [0.3, 0.4) is 0 Å². The van der Waals surface area contributed by atoms with Gasteiger partial charge in [0.2, 0.25) is 5.91 Å². The monoisotopic (exact) mass is 444 g/mol. The summed E-state index contributed by atoms with van der Waals surface area (Å²) in [7, 11) is 0. The number of benzene rings is 1.